The van der Waals surface area contributed by atoms with Gasteiger partial charge < -0.3 is 10.6 Å². The van der Waals surface area contributed by atoms with Gasteiger partial charge in [0.1, 0.15) is 0 Å². The van der Waals surface area contributed by atoms with Crippen LogP contribution in [0.15, 0.2) is 35.9 Å². The highest BCUT2D eigenvalue weighted by Crippen LogP contribution is 2.51. The normalized spacial score (nSPS) is 27.1. The van der Waals surface area contributed by atoms with Crippen molar-refractivity contribution in [1.29, 1.82) is 0 Å². The highest BCUT2D eigenvalue weighted by Gasteiger charge is 2.52. The first-order chi connectivity index (χ1) is 10.7. The summed E-state index contributed by atoms with van der Waals surface area (Å²) >= 11 is 0. The second-order valence-corrected chi connectivity index (χ2v) is 7.14. The van der Waals surface area contributed by atoms with Gasteiger partial charge >= 0.3 is 0 Å². The SMILES string of the molecule is CCC1(NCC2CCNCC2)CC1C(C)=Cc1ccccc1.Cl.Cl. The summed E-state index contributed by atoms with van der Waals surface area (Å²) < 4.78 is 0. The molecule has 3 rings (SSSR count). The van der Waals surface area contributed by atoms with Crippen molar-refractivity contribution in [2.24, 2.45) is 11.8 Å². The van der Waals surface area contributed by atoms with Gasteiger partial charge in [0.2, 0.25) is 0 Å². The predicted molar refractivity (Wildman–Crippen MR) is 109 cm³/mol. The average Bonchev–Trinajstić information content (AvgIpc) is 3.30. The molecule has 136 valence electrons. The summed E-state index contributed by atoms with van der Waals surface area (Å²) in [6.07, 6.45) is 7.58. The Balaban J connectivity index is 0.00000144. The highest BCUT2D eigenvalue weighted by atomic mass is 35.5. The summed E-state index contributed by atoms with van der Waals surface area (Å²) in [5.41, 5.74) is 3.24. The van der Waals surface area contributed by atoms with E-state index in [-0.39, 0.29) is 24.8 Å². The van der Waals surface area contributed by atoms with E-state index in [4.69, 9.17) is 0 Å². The molecule has 0 amide bonds. The molecular weight excluding hydrogens is 339 g/mol. The van der Waals surface area contributed by atoms with E-state index in [1.165, 1.54) is 56.5 Å². The fourth-order valence-electron chi connectivity index (χ4n) is 3.96. The maximum atomic E-state index is 3.94. The van der Waals surface area contributed by atoms with Crippen LogP contribution in [0.2, 0.25) is 0 Å². The Labute approximate surface area is 159 Å². The van der Waals surface area contributed by atoms with Crippen molar-refractivity contribution in [3.05, 3.63) is 41.5 Å². The summed E-state index contributed by atoms with van der Waals surface area (Å²) in [5, 5.41) is 7.40. The third-order valence-corrected chi connectivity index (χ3v) is 5.65. The highest BCUT2D eigenvalue weighted by molar-refractivity contribution is 5.85. The van der Waals surface area contributed by atoms with Crippen molar-refractivity contribution in [1.82, 2.24) is 10.6 Å². The Morgan fingerprint density at radius 3 is 2.50 bits per heavy atom. The molecule has 4 heteroatoms. The molecule has 1 heterocycles. The molecule has 2 unspecified atom stereocenters. The van der Waals surface area contributed by atoms with E-state index < -0.39 is 0 Å². The second kappa shape index (κ2) is 9.82. The quantitative estimate of drug-likeness (QED) is 0.758. The maximum Gasteiger partial charge on any atom is 0.0251 e. The molecule has 0 aromatic heterocycles. The summed E-state index contributed by atoms with van der Waals surface area (Å²) in [6.45, 7) is 8.24. The van der Waals surface area contributed by atoms with E-state index in [2.05, 4.69) is 60.9 Å². The van der Waals surface area contributed by atoms with Crippen LogP contribution in [0.25, 0.3) is 6.08 Å². The van der Waals surface area contributed by atoms with Crippen LogP contribution < -0.4 is 10.6 Å². The molecule has 1 aliphatic carbocycles. The molecule has 0 spiro atoms. The van der Waals surface area contributed by atoms with Gasteiger partial charge in [-0.3, -0.25) is 0 Å². The Morgan fingerprint density at radius 1 is 1.21 bits per heavy atom. The van der Waals surface area contributed by atoms with Crippen molar-refractivity contribution in [2.75, 3.05) is 19.6 Å². The van der Waals surface area contributed by atoms with Gasteiger partial charge in [-0.2, -0.15) is 0 Å². The van der Waals surface area contributed by atoms with Crippen LogP contribution in [0.3, 0.4) is 0 Å². The van der Waals surface area contributed by atoms with Gasteiger partial charge in [-0.15, -0.1) is 24.8 Å². The molecule has 2 aliphatic rings. The minimum absolute atomic E-state index is 0. The molecule has 1 aromatic rings. The first-order valence-electron chi connectivity index (χ1n) is 8.92. The van der Waals surface area contributed by atoms with Crippen molar-refractivity contribution >= 4 is 30.9 Å². The Kier molecular flexibility index (Phi) is 8.80. The molecule has 2 fully saturated rings. The Morgan fingerprint density at radius 2 is 1.88 bits per heavy atom. The molecule has 2 atom stereocenters. The van der Waals surface area contributed by atoms with Gasteiger partial charge in [-0.1, -0.05) is 48.9 Å². The zero-order valence-corrected chi connectivity index (χ0v) is 16.5. The van der Waals surface area contributed by atoms with Crippen molar-refractivity contribution in [2.45, 2.75) is 45.1 Å². The lowest BCUT2D eigenvalue weighted by Gasteiger charge is -2.26. The van der Waals surface area contributed by atoms with Crippen molar-refractivity contribution < 1.29 is 0 Å². The van der Waals surface area contributed by atoms with Crippen LogP contribution in [0, 0.1) is 11.8 Å². The van der Waals surface area contributed by atoms with Gasteiger partial charge in [0, 0.05) is 5.54 Å². The molecule has 2 nitrogen and oxygen atoms in total. The number of benzene rings is 1. The van der Waals surface area contributed by atoms with Gasteiger partial charge in [-0.05, 0) is 69.6 Å². The van der Waals surface area contributed by atoms with E-state index in [1.807, 2.05) is 0 Å². The minimum atomic E-state index is 0. The van der Waals surface area contributed by atoms with E-state index in [9.17, 15) is 0 Å². The smallest absolute Gasteiger partial charge is 0.0251 e. The first-order valence-corrected chi connectivity index (χ1v) is 8.92. The third-order valence-electron chi connectivity index (χ3n) is 5.65. The lowest BCUT2D eigenvalue weighted by molar-refractivity contribution is 0.325. The molecular formula is C20H32Cl2N2. The molecule has 1 aromatic carbocycles. The van der Waals surface area contributed by atoms with Gasteiger partial charge in [0.15, 0.2) is 0 Å². The third kappa shape index (κ3) is 5.23. The zero-order chi connectivity index (χ0) is 15.4. The number of piperidine rings is 1. The molecule has 1 aliphatic heterocycles. The lowest BCUT2D eigenvalue weighted by atomic mass is 9.96. The predicted octanol–water partition coefficient (Wildman–Crippen LogP) is 4.69. The summed E-state index contributed by atoms with van der Waals surface area (Å²) in [5.74, 6) is 1.59. The van der Waals surface area contributed by atoms with E-state index in [1.54, 1.807) is 0 Å². The molecule has 1 saturated heterocycles. The van der Waals surface area contributed by atoms with Gasteiger partial charge in [0.05, 0.1) is 0 Å². The van der Waals surface area contributed by atoms with Gasteiger partial charge in [0.25, 0.3) is 0 Å². The summed E-state index contributed by atoms with van der Waals surface area (Å²) in [7, 11) is 0. The zero-order valence-electron chi connectivity index (χ0n) is 14.9. The van der Waals surface area contributed by atoms with E-state index >= 15 is 0 Å². The first kappa shape index (κ1) is 21.5. The number of halogens is 2. The lowest BCUT2D eigenvalue weighted by Crippen LogP contribution is -2.40. The van der Waals surface area contributed by atoms with Crippen LogP contribution >= 0.6 is 24.8 Å². The largest absolute Gasteiger partial charge is 0.317 e. The molecule has 2 N–H and O–H groups in total. The van der Waals surface area contributed by atoms with Crippen molar-refractivity contribution in [3.8, 4) is 0 Å². The van der Waals surface area contributed by atoms with E-state index in [0.717, 1.165) is 11.8 Å². The summed E-state index contributed by atoms with van der Waals surface area (Å²) in [6, 6.07) is 10.7. The minimum Gasteiger partial charge on any atom is -0.317 e. The molecule has 0 bridgehead atoms. The van der Waals surface area contributed by atoms with Crippen LogP contribution in [0.4, 0.5) is 0 Å². The van der Waals surface area contributed by atoms with Crippen molar-refractivity contribution in [3.63, 3.8) is 0 Å². The average molecular weight is 371 g/mol. The topological polar surface area (TPSA) is 24.1 Å². The number of hydrogen-bond acceptors (Lipinski definition) is 2. The fraction of sp³-hybridized carbons (Fsp3) is 0.600. The van der Waals surface area contributed by atoms with Crippen LogP contribution in [-0.4, -0.2) is 25.2 Å². The van der Waals surface area contributed by atoms with Crippen LogP contribution in [0.1, 0.15) is 45.1 Å². The number of rotatable bonds is 6. The fourth-order valence-corrected chi connectivity index (χ4v) is 3.96. The van der Waals surface area contributed by atoms with Crippen LogP contribution in [-0.2, 0) is 0 Å². The van der Waals surface area contributed by atoms with Gasteiger partial charge in [-0.25, -0.2) is 0 Å². The monoisotopic (exact) mass is 370 g/mol. The standard InChI is InChI=1S/C20H30N2.2ClH/c1-3-20(22-15-18-9-11-21-12-10-18)14-19(20)16(2)13-17-7-5-4-6-8-17;;/h4-8,13,18-19,21-22H,3,9-12,14-15H2,1-2H3;2*1H. The molecule has 1 saturated carbocycles. The second-order valence-electron chi connectivity index (χ2n) is 7.14. The Hall–Kier alpha value is -0.540. The van der Waals surface area contributed by atoms with Crippen LogP contribution in [0.5, 0.6) is 0 Å². The molecule has 0 radical (unpaired) electrons. The number of hydrogen-bond donors (Lipinski definition) is 2. The number of nitrogens with one attached hydrogen (secondary N) is 2. The Bertz CT molecular complexity index is 512. The molecule has 24 heavy (non-hydrogen) atoms. The summed E-state index contributed by atoms with van der Waals surface area (Å²) in [4.78, 5) is 0. The maximum absolute atomic E-state index is 3.94. The van der Waals surface area contributed by atoms with E-state index in [0.29, 0.717) is 5.54 Å².